The number of aromatic nitrogens is 2. The predicted molar refractivity (Wildman–Crippen MR) is 119 cm³/mol. The van der Waals surface area contributed by atoms with Crippen LogP contribution in [0.15, 0.2) is 97.1 Å². The number of hydrogen-bond donors (Lipinski definition) is 0. The summed E-state index contributed by atoms with van der Waals surface area (Å²) in [6.07, 6.45) is 0. The number of thiazole rings is 1. The maximum atomic E-state index is 4.93. The minimum Gasteiger partial charge on any atom is -0.309 e. The van der Waals surface area contributed by atoms with Crippen LogP contribution in [0, 0.1) is 0 Å². The maximum Gasteiger partial charge on any atom is 0.124 e. The first kappa shape index (κ1) is 15.6. The first-order valence-electron chi connectivity index (χ1n) is 9.34. The zero-order chi connectivity index (χ0) is 18.5. The molecule has 4 aromatic carbocycles. The van der Waals surface area contributed by atoms with Gasteiger partial charge in [0.2, 0.25) is 0 Å². The van der Waals surface area contributed by atoms with Crippen LogP contribution in [0.4, 0.5) is 0 Å². The fourth-order valence-electron chi connectivity index (χ4n) is 4.00. The molecule has 0 saturated carbocycles. The van der Waals surface area contributed by atoms with E-state index in [2.05, 4.69) is 95.6 Å². The van der Waals surface area contributed by atoms with Gasteiger partial charge in [-0.05, 0) is 30.3 Å². The van der Waals surface area contributed by atoms with E-state index >= 15 is 0 Å². The fraction of sp³-hybridized carbons (Fsp3) is 0. The summed E-state index contributed by atoms with van der Waals surface area (Å²) in [5, 5.41) is 3.63. The van der Waals surface area contributed by atoms with E-state index in [1.165, 1.54) is 37.8 Å². The summed E-state index contributed by atoms with van der Waals surface area (Å²) in [5.74, 6) is 0. The molecular weight excluding hydrogens is 360 g/mol. The lowest BCUT2D eigenvalue weighted by atomic mass is 10.1. The molecule has 3 heteroatoms. The summed E-state index contributed by atoms with van der Waals surface area (Å²) in [6.45, 7) is 0. The van der Waals surface area contributed by atoms with Gasteiger partial charge in [0.05, 0.1) is 21.3 Å². The zero-order valence-corrected chi connectivity index (χ0v) is 15.9. The van der Waals surface area contributed by atoms with Gasteiger partial charge in [-0.2, -0.15) is 0 Å². The van der Waals surface area contributed by atoms with Crippen molar-refractivity contribution in [3.05, 3.63) is 97.1 Å². The Labute approximate surface area is 166 Å². The molecular formula is C25H16N2S. The van der Waals surface area contributed by atoms with Gasteiger partial charge in [-0.15, -0.1) is 11.3 Å². The van der Waals surface area contributed by atoms with E-state index in [1.807, 2.05) is 6.07 Å². The van der Waals surface area contributed by atoms with E-state index in [-0.39, 0.29) is 0 Å². The normalized spacial score (nSPS) is 11.6. The molecule has 0 saturated heterocycles. The van der Waals surface area contributed by atoms with Crippen molar-refractivity contribution in [1.82, 2.24) is 9.55 Å². The molecule has 132 valence electrons. The molecule has 2 heterocycles. The molecule has 0 spiro atoms. The topological polar surface area (TPSA) is 17.8 Å². The second-order valence-corrected chi connectivity index (χ2v) is 7.88. The van der Waals surface area contributed by atoms with E-state index in [0.717, 1.165) is 10.5 Å². The summed E-state index contributed by atoms with van der Waals surface area (Å²) in [7, 11) is 0. The van der Waals surface area contributed by atoms with Gasteiger partial charge >= 0.3 is 0 Å². The Morgan fingerprint density at radius 1 is 0.643 bits per heavy atom. The van der Waals surface area contributed by atoms with Crippen molar-refractivity contribution in [3.8, 4) is 16.3 Å². The molecule has 0 aliphatic carbocycles. The molecule has 0 bridgehead atoms. The van der Waals surface area contributed by atoms with Gasteiger partial charge in [0.25, 0.3) is 0 Å². The van der Waals surface area contributed by atoms with E-state index in [4.69, 9.17) is 4.98 Å². The Bertz CT molecular complexity index is 1440. The summed E-state index contributed by atoms with van der Waals surface area (Å²) < 4.78 is 3.61. The quantitative estimate of drug-likeness (QED) is 0.316. The third kappa shape index (κ3) is 2.23. The van der Waals surface area contributed by atoms with E-state index in [0.29, 0.717) is 0 Å². The summed E-state index contributed by atoms with van der Waals surface area (Å²) in [5.41, 5.74) is 5.87. The lowest BCUT2D eigenvalue weighted by Crippen LogP contribution is -1.92. The molecule has 28 heavy (non-hydrogen) atoms. The van der Waals surface area contributed by atoms with Gasteiger partial charge in [0.1, 0.15) is 5.01 Å². The highest BCUT2D eigenvalue weighted by Gasteiger charge is 2.17. The molecule has 0 fully saturated rings. The highest BCUT2D eigenvalue weighted by Crippen LogP contribution is 2.40. The molecule has 0 N–H and O–H groups in total. The Morgan fingerprint density at radius 2 is 1.36 bits per heavy atom. The van der Waals surface area contributed by atoms with Crippen molar-refractivity contribution in [2.45, 2.75) is 0 Å². The third-order valence-electron chi connectivity index (χ3n) is 5.23. The number of nitrogens with zero attached hydrogens (tertiary/aromatic N) is 2. The van der Waals surface area contributed by atoms with Crippen molar-refractivity contribution < 1.29 is 0 Å². The Hall–Kier alpha value is -3.43. The Kier molecular flexibility index (Phi) is 3.37. The maximum absolute atomic E-state index is 4.93. The van der Waals surface area contributed by atoms with Crippen LogP contribution < -0.4 is 0 Å². The fourth-order valence-corrected chi connectivity index (χ4v) is 5.12. The van der Waals surface area contributed by atoms with Crippen LogP contribution in [0.2, 0.25) is 0 Å². The lowest BCUT2D eigenvalue weighted by Gasteiger charge is -2.07. The van der Waals surface area contributed by atoms with Gasteiger partial charge in [0, 0.05) is 22.0 Å². The summed E-state index contributed by atoms with van der Waals surface area (Å²) in [6, 6.07) is 34.0. The molecule has 2 aromatic heterocycles. The second-order valence-electron chi connectivity index (χ2n) is 6.88. The van der Waals surface area contributed by atoms with Gasteiger partial charge in [-0.25, -0.2) is 4.98 Å². The average molecular weight is 376 g/mol. The predicted octanol–water partition coefficient (Wildman–Crippen LogP) is 7.06. The second kappa shape index (κ2) is 6.04. The van der Waals surface area contributed by atoms with E-state index in [9.17, 15) is 0 Å². The molecule has 0 aliphatic rings. The minimum absolute atomic E-state index is 1.06. The first-order chi connectivity index (χ1) is 13.9. The van der Waals surface area contributed by atoms with Gasteiger partial charge < -0.3 is 4.57 Å². The van der Waals surface area contributed by atoms with Crippen LogP contribution in [0.5, 0.6) is 0 Å². The molecule has 2 nitrogen and oxygen atoms in total. The minimum atomic E-state index is 1.06. The van der Waals surface area contributed by atoms with Crippen LogP contribution >= 0.6 is 11.3 Å². The first-order valence-corrected chi connectivity index (χ1v) is 10.2. The lowest BCUT2D eigenvalue weighted by molar-refractivity contribution is 1.18. The van der Waals surface area contributed by atoms with Crippen molar-refractivity contribution in [3.63, 3.8) is 0 Å². The largest absolute Gasteiger partial charge is 0.309 e. The molecule has 0 unspecified atom stereocenters. The standard InChI is InChI=1S/C25H16N2S/c1-3-9-17(10-4-1)25-26-20-15-16-22-23(24(20)28-25)19-13-7-8-14-21(19)27(22)18-11-5-2-6-12-18/h1-16H. The number of rotatable bonds is 2. The zero-order valence-electron chi connectivity index (χ0n) is 15.0. The number of benzene rings is 4. The van der Waals surface area contributed by atoms with Crippen LogP contribution in [-0.2, 0) is 0 Å². The molecule has 0 amide bonds. The Balaban J connectivity index is 1.75. The van der Waals surface area contributed by atoms with Crippen molar-refractivity contribution in [2.24, 2.45) is 0 Å². The highest BCUT2D eigenvalue weighted by molar-refractivity contribution is 7.22. The van der Waals surface area contributed by atoms with E-state index < -0.39 is 0 Å². The van der Waals surface area contributed by atoms with Crippen molar-refractivity contribution >= 4 is 43.4 Å². The van der Waals surface area contributed by atoms with Gasteiger partial charge in [0.15, 0.2) is 0 Å². The van der Waals surface area contributed by atoms with Crippen LogP contribution in [0.3, 0.4) is 0 Å². The SMILES string of the molecule is c1ccc(-c2nc3ccc4c(c5ccccc5n4-c4ccccc4)c3s2)cc1. The van der Waals surface area contributed by atoms with Crippen molar-refractivity contribution in [2.75, 3.05) is 0 Å². The van der Waals surface area contributed by atoms with Gasteiger partial charge in [-0.1, -0.05) is 66.7 Å². The molecule has 0 atom stereocenters. The van der Waals surface area contributed by atoms with Crippen molar-refractivity contribution in [1.29, 1.82) is 0 Å². The number of fused-ring (bicyclic) bond motifs is 5. The summed E-state index contributed by atoms with van der Waals surface area (Å²) >= 11 is 1.78. The number of hydrogen-bond acceptors (Lipinski definition) is 2. The number of para-hydroxylation sites is 2. The van der Waals surface area contributed by atoms with Gasteiger partial charge in [-0.3, -0.25) is 0 Å². The van der Waals surface area contributed by atoms with Crippen LogP contribution in [0.1, 0.15) is 0 Å². The van der Waals surface area contributed by atoms with E-state index in [1.54, 1.807) is 11.3 Å². The van der Waals surface area contributed by atoms with Crippen LogP contribution in [0.25, 0.3) is 48.3 Å². The molecule has 0 aliphatic heterocycles. The molecule has 6 rings (SSSR count). The smallest absolute Gasteiger partial charge is 0.124 e. The third-order valence-corrected chi connectivity index (χ3v) is 6.36. The molecule has 0 radical (unpaired) electrons. The molecule has 6 aromatic rings. The Morgan fingerprint density at radius 3 is 2.18 bits per heavy atom. The average Bonchev–Trinajstić information content (AvgIpc) is 3.34. The highest BCUT2D eigenvalue weighted by atomic mass is 32.1. The summed E-state index contributed by atoms with van der Waals surface area (Å²) in [4.78, 5) is 4.93. The van der Waals surface area contributed by atoms with Crippen LogP contribution in [-0.4, -0.2) is 9.55 Å². The monoisotopic (exact) mass is 376 g/mol.